The van der Waals surface area contributed by atoms with E-state index in [1.54, 1.807) is 12.1 Å². The normalized spacial score (nSPS) is 24.2. The Morgan fingerprint density at radius 3 is 2.67 bits per heavy atom. The summed E-state index contributed by atoms with van der Waals surface area (Å²) in [5.41, 5.74) is -3.15. The lowest BCUT2D eigenvalue weighted by atomic mass is 9.79. The van der Waals surface area contributed by atoms with Gasteiger partial charge in [0.25, 0.3) is 0 Å². The van der Waals surface area contributed by atoms with E-state index >= 15 is 0 Å². The SMILES string of the molecule is O=C(N1CCC(c2nc(-c3cccnc3)no2)(C(F)(F)F)C1)C1(CO)CCOCC1. The van der Waals surface area contributed by atoms with Gasteiger partial charge in [-0.05, 0) is 31.4 Å². The van der Waals surface area contributed by atoms with Crippen molar-refractivity contribution in [2.24, 2.45) is 5.41 Å². The number of ether oxygens (including phenoxy) is 1. The third-order valence-corrected chi connectivity index (χ3v) is 6.06. The van der Waals surface area contributed by atoms with E-state index in [1.165, 1.54) is 12.4 Å². The van der Waals surface area contributed by atoms with Gasteiger partial charge in [0, 0.05) is 44.3 Å². The van der Waals surface area contributed by atoms with Gasteiger partial charge in [0.15, 0.2) is 5.41 Å². The van der Waals surface area contributed by atoms with Crippen molar-refractivity contribution < 1.29 is 32.3 Å². The van der Waals surface area contributed by atoms with Crippen LogP contribution < -0.4 is 0 Å². The number of halogens is 3. The average Bonchev–Trinajstić information content (AvgIpc) is 3.42. The highest BCUT2D eigenvalue weighted by Gasteiger charge is 2.64. The smallest absolute Gasteiger partial charge is 0.395 e. The number of carbonyl (C=O) groups is 1. The first-order valence-corrected chi connectivity index (χ1v) is 9.61. The van der Waals surface area contributed by atoms with Crippen LogP contribution in [-0.2, 0) is 14.9 Å². The largest absolute Gasteiger partial charge is 0.405 e. The highest BCUT2D eigenvalue weighted by Crippen LogP contribution is 2.48. The van der Waals surface area contributed by atoms with Gasteiger partial charge in [-0.2, -0.15) is 18.2 Å². The predicted octanol–water partition coefficient (Wildman–Crippen LogP) is 1.95. The van der Waals surface area contributed by atoms with E-state index in [-0.39, 0.29) is 38.4 Å². The number of rotatable bonds is 4. The molecule has 2 aromatic heterocycles. The molecule has 2 aliphatic rings. The first-order chi connectivity index (χ1) is 14.3. The van der Waals surface area contributed by atoms with E-state index in [0.29, 0.717) is 5.56 Å². The molecule has 11 heteroatoms. The molecule has 1 atom stereocenters. The van der Waals surface area contributed by atoms with Crippen molar-refractivity contribution in [1.82, 2.24) is 20.0 Å². The molecular weight excluding hydrogens is 405 g/mol. The molecule has 1 N–H and O–H groups in total. The standard InChI is InChI=1S/C19H21F3N4O4/c20-19(21,22)18(15-24-14(25-30-15)13-2-1-6-23-10-13)3-7-26(11-18)16(28)17(12-27)4-8-29-9-5-17/h1-2,6,10,27H,3-5,7-9,11-12H2. The summed E-state index contributed by atoms with van der Waals surface area (Å²) in [6, 6.07) is 3.23. The van der Waals surface area contributed by atoms with Crippen LogP contribution in [-0.4, -0.2) is 70.1 Å². The van der Waals surface area contributed by atoms with Gasteiger partial charge in [0.2, 0.25) is 17.6 Å². The molecule has 2 aromatic rings. The molecule has 1 unspecified atom stereocenters. The highest BCUT2D eigenvalue weighted by molar-refractivity contribution is 5.83. The van der Waals surface area contributed by atoms with E-state index in [9.17, 15) is 23.1 Å². The predicted molar refractivity (Wildman–Crippen MR) is 96.0 cm³/mol. The summed E-state index contributed by atoms with van der Waals surface area (Å²) >= 11 is 0. The van der Waals surface area contributed by atoms with Gasteiger partial charge < -0.3 is 19.3 Å². The zero-order valence-electron chi connectivity index (χ0n) is 16.1. The van der Waals surface area contributed by atoms with E-state index in [4.69, 9.17) is 9.26 Å². The average molecular weight is 426 g/mol. The Labute approximate surface area is 170 Å². The summed E-state index contributed by atoms with van der Waals surface area (Å²) in [7, 11) is 0. The third-order valence-electron chi connectivity index (χ3n) is 6.06. The van der Waals surface area contributed by atoms with Crippen molar-refractivity contribution in [2.45, 2.75) is 30.9 Å². The maximum Gasteiger partial charge on any atom is 0.405 e. The Hall–Kier alpha value is -2.53. The van der Waals surface area contributed by atoms with Crippen molar-refractivity contribution in [3.05, 3.63) is 30.4 Å². The molecule has 2 aliphatic heterocycles. The quantitative estimate of drug-likeness (QED) is 0.797. The van der Waals surface area contributed by atoms with Gasteiger partial charge in [0.05, 0.1) is 12.0 Å². The van der Waals surface area contributed by atoms with Crippen molar-refractivity contribution in [3.63, 3.8) is 0 Å². The first-order valence-electron chi connectivity index (χ1n) is 9.61. The molecule has 2 saturated heterocycles. The molecule has 4 rings (SSSR count). The Balaban J connectivity index is 1.63. The molecule has 0 radical (unpaired) electrons. The van der Waals surface area contributed by atoms with Crippen LogP contribution in [0.5, 0.6) is 0 Å². The number of aromatic nitrogens is 3. The molecule has 1 amide bonds. The van der Waals surface area contributed by atoms with Crippen molar-refractivity contribution in [2.75, 3.05) is 32.9 Å². The van der Waals surface area contributed by atoms with Crippen LogP contribution in [0.3, 0.4) is 0 Å². The number of hydrogen-bond acceptors (Lipinski definition) is 7. The second-order valence-electron chi connectivity index (χ2n) is 7.77. The number of carbonyl (C=O) groups excluding carboxylic acids is 1. The molecule has 4 heterocycles. The van der Waals surface area contributed by atoms with Gasteiger partial charge in [-0.25, -0.2) is 0 Å². The van der Waals surface area contributed by atoms with Crippen LogP contribution in [0.25, 0.3) is 11.4 Å². The minimum Gasteiger partial charge on any atom is -0.395 e. The molecule has 0 bridgehead atoms. The summed E-state index contributed by atoms with van der Waals surface area (Å²) in [5.74, 6) is -1.07. The molecule has 8 nitrogen and oxygen atoms in total. The number of aliphatic hydroxyl groups excluding tert-OH is 1. The third kappa shape index (κ3) is 3.35. The fraction of sp³-hybridized carbons (Fsp3) is 0.579. The fourth-order valence-electron chi connectivity index (χ4n) is 4.08. The lowest BCUT2D eigenvalue weighted by Gasteiger charge is -2.37. The summed E-state index contributed by atoms with van der Waals surface area (Å²) in [6.07, 6.45) is -1.62. The van der Waals surface area contributed by atoms with E-state index in [0.717, 1.165) is 4.90 Å². The number of likely N-dealkylation sites (tertiary alicyclic amines) is 1. The van der Waals surface area contributed by atoms with E-state index in [2.05, 4.69) is 15.1 Å². The Morgan fingerprint density at radius 2 is 2.03 bits per heavy atom. The number of hydrogen-bond donors (Lipinski definition) is 1. The lowest BCUT2D eigenvalue weighted by Crippen LogP contribution is -2.51. The summed E-state index contributed by atoms with van der Waals surface area (Å²) in [4.78, 5) is 22.2. The Kier molecular flexibility index (Phi) is 5.27. The molecule has 0 aromatic carbocycles. The summed E-state index contributed by atoms with van der Waals surface area (Å²) in [6.45, 7) is -0.625. The number of amides is 1. The summed E-state index contributed by atoms with van der Waals surface area (Å²) < 4.78 is 53.0. The molecule has 2 fully saturated rings. The topological polar surface area (TPSA) is 102 Å². The zero-order valence-corrected chi connectivity index (χ0v) is 16.1. The van der Waals surface area contributed by atoms with Gasteiger partial charge >= 0.3 is 6.18 Å². The van der Waals surface area contributed by atoms with Crippen LogP contribution >= 0.6 is 0 Å². The van der Waals surface area contributed by atoms with Crippen LogP contribution in [0.4, 0.5) is 13.2 Å². The molecule has 0 saturated carbocycles. The molecular formula is C19H21F3N4O4. The minimum atomic E-state index is -4.71. The number of pyridine rings is 1. The number of alkyl halides is 3. The van der Waals surface area contributed by atoms with Gasteiger partial charge in [-0.3, -0.25) is 9.78 Å². The van der Waals surface area contributed by atoms with Crippen molar-refractivity contribution in [3.8, 4) is 11.4 Å². The van der Waals surface area contributed by atoms with E-state index < -0.39 is 48.4 Å². The van der Waals surface area contributed by atoms with Crippen LogP contribution in [0.2, 0.25) is 0 Å². The second-order valence-corrected chi connectivity index (χ2v) is 7.77. The Morgan fingerprint density at radius 1 is 1.27 bits per heavy atom. The van der Waals surface area contributed by atoms with Gasteiger partial charge in [-0.15, -0.1) is 0 Å². The molecule has 30 heavy (non-hydrogen) atoms. The van der Waals surface area contributed by atoms with E-state index in [1.807, 2.05) is 0 Å². The molecule has 162 valence electrons. The zero-order chi connectivity index (χ0) is 21.4. The van der Waals surface area contributed by atoms with Crippen LogP contribution in [0.15, 0.2) is 29.0 Å². The lowest BCUT2D eigenvalue weighted by molar-refractivity contribution is -0.194. The van der Waals surface area contributed by atoms with Crippen molar-refractivity contribution >= 4 is 5.91 Å². The fourth-order valence-corrected chi connectivity index (χ4v) is 4.08. The van der Waals surface area contributed by atoms with Crippen LogP contribution in [0, 0.1) is 5.41 Å². The second kappa shape index (κ2) is 7.62. The maximum absolute atomic E-state index is 14.2. The number of nitrogens with zero attached hydrogens (tertiary/aromatic N) is 4. The molecule has 0 aliphatic carbocycles. The summed E-state index contributed by atoms with van der Waals surface area (Å²) in [5, 5.41) is 13.5. The van der Waals surface area contributed by atoms with Crippen LogP contribution in [0.1, 0.15) is 25.2 Å². The van der Waals surface area contributed by atoms with Gasteiger partial charge in [-0.1, -0.05) is 5.16 Å². The monoisotopic (exact) mass is 426 g/mol. The molecule has 0 spiro atoms. The van der Waals surface area contributed by atoms with Crippen molar-refractivity contribution in [1.29, 1.82) is 0 Å². The Bertz CT molecular complexity index is 899. The number of aliphatic hydroxyl groups is 1. The first kappa shape index (κ1) is 20.7. The highest BCUT2D eigenvalue weighted by atomic mass is 19.4. The van der Waals surface area contributed by atoms with Gasteiger partial charge in [0.1, 0.15) is 0 Å². The minimum absolute atomic E-state index is 0.00255. The maximum atomic E-state index is 14.2.